The van der Waals surface area contributed by atoms with Gasteiger partial charge in [-0.25, -0.2) is 0 Å². The summed E-state index contributed by atoms with van der Waals surface area (Å²) in [6, 6.07) is -0.0913. The average molecular weight is 347 g/mol. The minimum absolute atomic E-state index is 0.0913. The number of halogens is 1. The second kappa shape index (κ2) is 5.07. The maximum Gasteiger partial charge on any atom is 0.240 e. The highest BCUT2D eigenvalue weighted by Crippen LogP contribution is 2.60. The van der Waals surface area contributed by atoms with Gasteiger partial charge < -0.3 is 4.42 Å². The van der Waals surface area contributed by atoms with E-state index in [1.165, 1.54) is 38.5 Å². The van der Waals surface area contributed by atoms with Gasteiger partial charge in [-0.1, -0.05) is 11.6 Å². The Morgan fingerprint density at radius 1 is 1.17 bits per heavy atom. The van der Waals surface area contributed by atoms with Gasteiger partial charge in [0, 0.05) is 11.6 Å². The van der Waals surface area contributed by atoms with Crippen molar-refractivity contribution in [2.45, 2.75) is 63.8 Å². The fourth-order valence-corrected chi connectivity index (χ4v) is 5.90. The topological polar surface area (TPSA) is 56.7 Å². The highest BCUT2D eigenvalue weighted by Gasteiger charge is 2.54. The molecule has 6 rings (SSSR count). The van der Waals surface area contributed by atoms with Crippen LogP contribution in [0.5, 0.6) is 0 Å². The predicted molar refractivity (Wildman–Crippen MR) is 89.9 cm³/mol. The Morgan fingerprint density at radius 3 is 2.33 bits per heavy atom. The van der Waals surface area contributed by atoms with Gasteiger partial charge >= 0.3 is 0 Å². The summed E-state index contributed by atoms with van der Waals surface area (Å²) in [6.45, 7) is 3.93. The molecule has 0 aliphatic heterocycles. The quantitative estimate of drug-likeness (QED) is 0.831. The molecule has 4 aliphatic carbocycles. The molecule has 2 aromatic heterocycles. The first-order valence-electron chi connectivity index (χ1n) is 9.07. The average Bonchev–Trinajstić information content (AvgIpc) is 3.14. The summed E-state index contributed by atoms with van der Waals surface area (Å²) in [6.07, 6.45) is 9.80. The van der Waals surface area contributed by atoms with Crippen molar-refractivity contribution in [1.82, 2.24) is 20.0 Å². The maximum absolute atomic E-state index is 6.21. The third-order valence-corrected chi connectivity index (χ3v) is 6.91. The van der Waals surface area contributed by atoms with Crippen LogP contribution in [0.3, 0.4) is 0 Å². The van der Waals surface area contributed by atoms with Gasteiger partial charge in [0.1, 0.15) is 6.04 Å². The molecule has 0 amide bonds. The van der Waals surface area contributed by atoms with E-state index in [0.29, 0.717) is 10.9 Å². The highest BCUT2D eigenvalue weighted by atomic mass is 35.5. The number of rotatable bonds is 3. The summed E-state index contributed by atoms with van der Waals surface area (Å²) in [5, 5.41) is 14.0. The molecule has 6 heteroatoms. The van der Waals surface area contributed by atoms with Crippen LogP contribution in [-0.2, 0) is 5.41 Å². The summed E-state index contributed by atoms with van der Waals surface area (Å²) in [5.74, 6) is 4.13. The van der Waals surface area contributed by atoms with Gasteiger partial charge in [-0.3, -0.25) is 4.68 Å². The third kappa shape index (κ3) is 2.17. The van der Waals surface area contributed by atoms with Crippen molar-refractivity contribution < 1.29 is 4.42 Å². The van der Waals surface area contributed by atoms with Gasteiger partial charge in [0.25, 0.3) is 0 Å². The van der Waals surface area contributed by atoms with Gasteiger partial charge in [0.05, 0.1) is 10.7 Å². The van der Waals surface area contributed by atoms with E-state index in [9.17, 15) is 0 Å². The third-order valence-electron chi connectivity index (χ3n) is 6.54. The maximum atomic E-state index is 6.21. The monoisotopic (exact) mass is 346 g/mol. The Bertz CT molecular complexity index is 725. The first-order valence-corrected chi connectivity index (χ1v) is 9.45. The van der Waals surface area contributed by atoms with Gasteiger partial charge in [-0.05, 0) is 70.1 Å². The molecule has 2 heterocycles. The van der Waals surface area contributed by atoms with E-state index in [1.54, 1.807) is 0 Å². The second-order valence-corrected chi connectivity index (χ2v) is 8.77. The Morgan fingerprint density at radius 2 is 1.79 bits per heavy atom. The molecular formula is C18H23ClN4O. The van der Waals surface area contributed by atoms with Crippen LogP contribution in [-0.4, -0.2) is 20.0 Å². The standard InChI is InChI=1S/C18H23ClN4O/c1-10-15(19)9-23(22-10)11(2)16-20-21-17(24-16)18-6-12-3-13(7-18)5-14(4-12)8-18/h9,11-14H,3-8H2,1-2H3. The summed E-state index contributed by atoms with van der Waals surface area (Å²) in [4.78, 5) is 0. The fraction of sp³-hybridized carbons (Fsp3) is 0.722. The molecular weight excluding hydrogens is 324 g/mol. The van der Waals surface area contributed by atoms with Crippen LogP contribution in [0.1, 0.15) is 69.0 Å². The lowest BCUT2D eigenvalue weighted by Gasteiger charge is -2.55. The van der Waals surface area contributed by atoms with Crippen LogP contribution in [0.2, 0.25) is 5.02 Å². The minimum atomic E-state index is -0.0913. The first-order chi connectivity index (χ1) is 11.5. The van der Waals surface area contributed by atoms with Gasteiger partial charge in [0.2, 0.25) is 11.8 Å². The minimum Gasteiger partial charge on any atom is -0.422 e. The van der Waals surface area contributed by atoms with E-state index >= 15 is 0 Å². The molecule has 0 N–H and O–H groups in total. The number of aromatic nitrogens is 4. The molecule has 1 unspecified atom stereocenters. The molecule has 4 saturated carbocycles. The van der Waals surface area contributed by atoms with Crippen LogP contribution in [0.4, 0.5) is 0 Å². The lowest BCUT2D eigenvalue weighted by Crippen LogP contribution is -2.48. The lowest BCUT2D eigenvalue weighted by molar-refractivity contribution is -0.0184. The number of hydrogen-bond acceptors (Lipinski definition) is 4. The predicted octanol–water partition coefficient (Wildman–Crippen LogP) is 4.31. The zero-order valence-corrected chi connectivity index (χ0v) is 15.0. The van der Waals surface area contributed by atoms with Crippen molar-refractivity contribution in [2.24, 2.45) is 17.8 Å². The van der Waals surface area contributed by atoms with E-state index in [2.05, 4.69) is 15.3 Å². The van der Waals surface area contributed by atoms with E-state index in [1.807, 2.05) is 24.7 Å². The van der Waals surface area contributed by atoms with Crippen LogP contribution in [0.15, 0.2) is 10.6 Å². The highest BCUT2D eigenvalue weighted by molar-refractivity contribution is 6.31. The van der Waals surface area contributed by atoms with Crippen molar-refractivity contribution in [3.63, 3.8) is 0 Å². The van der Waals surface area contributed by atoms with Gasteiger partial charge in [0.15, 0.2) is 0 Å². The lowest BCUT2D eigenvalue weighted by atomic mass is 9.49. The zero-order valence-electron chi connectivity index (χ0n) is 14.2. The zero-order chi connectivity index (χ0) is 16.5. The second-order valence-electron chi connectivity index (χ2n) is 8.36. The molecule has 5 nitrogen and oxygen atoms in total. The van der Waals surface area contributed by atoms with Crippen LogP contribution in [0, 0.1) is 24.7 Å². The van der Waals surface area contributed by atoms with E-state index < -0.39 is 0 Å². The normalized spacial score (nSPS) is 35.5. The van der Waals surface area contributed by atoms with E-state index in [4.69, 9.17) is 16.0 Å². The van der Waals surface area contributed by atoms with E-state index in [-0.39, 0.29) is 11.5 Å². The Balaban J connectivity index is 1.45. The fourth-order valence-electron chi connectivity index (χ4n) is 5.76. The van der Waals surface area contributed by atoms with Crippen molar-refractivity contribution in [3.8, 4) is 0 Å². The smallest absolute Gasteiger partial charge is 0.240 e. The van der Waals surface area contributed by atoms with Crippen LogP contribution in [0.25, 0.3) is 0 Å². The molecule has 0 radical (unpaired) electrons. The van der Waals surface area contributed by atoms with Gasteiger partial charge in [-0.15, -0.1) is 10.2 Å². The largest absolute Gasteiger partial charge is 0.422 e. The SMILES string of the molecule is Cc1nn(C(C)c2nnc(C34CC5CC(CC(C5)C3)C4)o2)cc1Cl. The van der Waals surface area contributed by atoms with Crippen LogP contribution >= 0.6 is 11.6 Å². The van der Waals surface area contributed by atoms with Crippen LogP contribution < -0.4 is 0 Å². The molecule has 128 valence electrons. The van der Waals surface area contributed by atoms with Gasteiger partial charge in [-0.2, -0.15) is 5.10 Å². The van der Waals surface area contributed by atoms with Crippen molar-refractivity contribution in [3.05, 3.63) is 28.7 Å². The summed E-state index contributed by atoms with van der Waals surface area (Å²) in [7, 11) is 0. The summed E-state index contributed by atoms with van der Waals surface area (Å²) in [5.41, 5.74) is 0.974. The Labute approximate surface area is 146 Å². The summed E-state index contributed by atoms with van der Waals surface area (Å²) >= 11 is 6.13. The molecule has 1 atom stereocenters. The Kier molecular flexibility index (Phi) is 3.16. The molecule has 0 spiro atoms. The molecule has 0 saturated heterocycles. The number of aryl methyl sites for hydroxylation is 1. The number of hydrogen-bond donors (Lipinski definition) is 0. The number of nitrogens with zero attached hydrogens (tertiary/aromatic N) is 4. The molecule has 24 heavy (non-hydrogen) atoms. The van der Waals surface area contributed by atoms with Crippen molar-refractivity contribution in [1.29, 1.82) is 0 Å². The molecule has 2 aromatic rings. The Hall–Kier alpha value is -1.36. The molecule has 4 fully saturated rings. The molecule has 4 aliphatic rings. The summed E-state index contributed by atoms with van der Waals surface area (Å²) < 4.78 is 8.02. The molecule has 0 aromatic carbocycles. The first kappa shape index (κ1) is 14.9. The van der Waals surface area contributed by atoms with E-state index in [0.717, 1.165) is 29.3 Å². The molecule has 4 bridgehead atoms. The van der Waals surface area contributed by atoms with Crippen molar-refractivity contribution in [2.75, 3.05) is 0 Å². The van der Waals surface area contributed by atoms with Crippen molar-refractivity contribution >= 4 is 11.6 Å².